The highest BCUT2D eigenvalue weighted by Gasteiger charge is 2.42. The maximum Gasteiger partial charge on any atom is 0.387 e. The molecule has 246 valence electrons. The Hall–Kier alpha value is -3.37. The molecule has 2 atom stereocenters. The molecule has 0 spiro atoms. The summed E-state index contributed by atoms with van der Waals surface area (Å²) in [7, 11) is -4.23. The molecule has 1 saturated heterocycles. The maximum atomic E-state index is 13.8. The van der Waals surface area contributed by atoms with E-state index in [9.17, 15) is 26.8 Å². The third-order valence-electron chi connectivity index (χ3n) is 7.13. The van der Waals surface area contributed by atoms with Crippen LogP contribution < -0.4 is 25.5 Å². The van der Waals surface area contributed by atoms with Gasteiger partial charge in [0.1, 0.15) is 16.1 Å². The third kappa shape index (κ3) is 8.31. The first kappa shape index (κ1) is 34.0. The minimum absolute atomic E-state index is 0.00983. The predicted octanol–water partition coefficient (Wildman–Crippen LogP) is 5.28. The van der Waals surface area contributed by atoms with Crippen LogP contribution in [0.15, 0.2) is 59.8 Å². The molecule has 1 aromatic heterocycles. The van der Waals surface area contributed by atoms with Gasteiger partial charge in [0, 0.05) is 30.0 Å². The third-order valence-corrected chi connectivity index (χ3v) is 11.0. The summed E-state index contributed by atoms with van der Waals surface area (Å²) in [5.74, 6) is -0.423. The van der Waals surface area contributed by atoms with Crippen LogP contribution in [0.1, 0.15) is 30.1 Å². The number of carbonyl (C=O) groups excluding carboxylic acids is 2. The number of carbonyl (C=O) groups is 2. The molecular formula is C29H29Cl2F2N4O7S2+. The molecule has 46 heavy (non-hydrogen) atoms. The smallest absolute Gasteiger partial charge is 0.387 e. The summed E-state index contributed by atoms with van der Waals surface area (Å²) in [6.45, 7) is -2.79. The minimum atomic E-state index is -4.23. The van der Waals surface area contributed by atoms with E-state index in [1.54, 1.807) is 0 Å². The molecule has 2 amide bonds. The molecule has 1 aliphatic heterocycles. The quantitative estimate of drug-likeness (QED) is 0.227. The van der Waals surface area contributed by atoms with Crippen molar-refractivity contribution in [2.45, 2.75) is 42.2 Å². The fraction of sp³-hybridized carbons (Fsp3) is 0.345. The number of esters is 1. The Morgan fingerprint density at radius 2 is 1.85 bits per heavy atom. The molecule has 4 N–H and O–H groups in total. The zero-order chi connectivity index (χ0) is 33.0. The number of aromatic nitrogens is 1. The molecular weight excluding hydrogens is 689 g/mol. The Bertz CT molecular complexity index is 1700. The van der Waals surface area contributed by atoms with Gasteiger partial charge in [0.2, 0.25) is 10.0 Å². The van der Waals surface area contributed by atoms with Crippen molar-refractivity contribution in [2.24, 2.45) is 11.7 Å². The fourth-order valence-corrected chi connectivity index (χ4v) is 8.33. The van der Waals surface area contributed by atoms with E-state index in [4.69, 9.17) is 38.4 Å². The van der Waals surface area contributed by atoms with Crippen molar-refractivity contribution in [3.63, 3.8) is 0 Å². The Kier molecular flexibility index (Phi) is 10.8. The second kappa shape index (κ2) is 14.6. The van der Waals surface area contributed by atoms with Gasteiger partial charge in [0.25, 0.3) is 0 Å². The van der Waals surface area contributed by atoms with E-state index in [2.05, 4.69) is 15.0 Å². The highest BCUT2D eigenvalue weighted by molar-refractivity contribution is 8.02. The highest BCUT2D eigenvalue weighted by Crippen LogP contribution is 2.39. The molecule has 2 fully saturated rings. The number of hydrogen-bond acceptors (Lipinski definition) is 8. The lowest BCUT2D eigenvalue weighted by atomic mass is 10.0. The van der Waals surface area contributed by atoms with E-state index < -0.39 is 40.1 Å². The topological polar surface area (TPSA) is 151 Å². The van der Waals surface area contributed by atoms with Gasteiger partial charge in [-0.15, -0.1) is 11.8 Å². The van der Waals surface area contributed by atoms with Crippen LogP contribution in [-0.2, 0) is 26.0 Å². The Balaban J connectivity index is 1.45. The van der Waals surface area contributed by atoms with E-state index >= 15 is 0 Å². The summed E-state index contributed by atoms with van der Waals surface area (Å²) in [6.07, 6.45) is 3.76. The largest absolute Gasteiger partial charge is 0.489 e. The summed E-state index contributed by atoms with van der Waals surface area (Å²) in [4.78, 5) is 27.7. The molecule has 5 rings (SSSR count). The lowest BCUT2D eigenvalue weighted by Crippen LogP contribution is -2.40. The number of rotatable bonds is 13. The number of benzene rings is 2. The van der Waals surface area contributed by atoms with Crippen LogP contribution in [0.4, 0.5) is 19.3 Å². The first-order valence-electron chi connectivity index (χ1n) is 14.0. The van der Waals surface area contributed by atoms with E-state index in [0.717, 1.165) is 28.9 Å². The van der Waals surface area contributed by atoms with Crippen molar-refractivity contribution in [1.82, 2.24) is 4.31 Å². The van der Waals surface area contributed by atoms with Crippen LogP contribution in [0, 0.1) is 5.92 Å². The average Bonchev–Trinajstić information content (AvgIpc) is 3.69. The van der Waals surface area contributed by atoms with Gasteiger partial charge >= 0.3 is 18.6 Å². The molecule has 0 bridgehead atoms. The number of sulfonamides is 1. The van der Waals surface area contributed by atoms with Crippen molar-refractivity contribution >= 4 is 62.7 Å². The van der Waals surface area contributed by atoms with Crippen LogP contribution in [0.5, 0.6) is 11.5 Å². The number of anilines is 1. The second-order valence-corrected chi connectivity index (χ2v) is 14.3. The lowest BCUT2D eigenvalue weighted by molar-refractivity contribution is -0.377. The number of thioether (sulfide) groups is 1. The molecule has 17 heteroatoms. The number of aromatic amines is 1. The summed E-state index contributed by atoms with van der Waals surface area (Å²) in [6, 6.07) is 8.78. The minimum Gasteiger partial charge on any atom is -0.489 e. The number of halogens is 4. The number of amides is 2. The highest BCUT2D eigenvalue weighted by atomic mass is 35.5. The molecule has 0 radical (unpaired) electrons. The maximum absolute atomic E-state index is 13.8. The summed E-state index contributed by atoms with van der Waals surface area (Å²) < 4.78 is 71.1. The molecule has 2 aromatic carbocycles. The van der Waals surface area contributed by atoms with Gasteiger partial charge in [0.05, 0.1) is 11.5 Å². The zero-order valence-electron chi connectivity index (χ0n) is 24.0. The number of alkyl halides is 2. The number of nitrogens with two attached hydrogens (primary N) is 1. The lowest BCUT2D eigenvalue weighted by Gasteiger charge is -2.26. The summed E-state index contributed by atoms with van der Waals surface area (Å²) in [5, 5.41) is 1.57. The number of urea groups is 1. The van der Waals surface area contributed by atoms with E-state index in [1.807, 2.05) is 0 Å². The van der Waals surface area contributed by atoms with Crippen molar-refractivity contribution in [2.75, 3.05) is 24.2 Å². The number of H-pyrrole nitrogens is 1. The van der Waals surface area contributed by atoms with E-state index in [1.165, 1.54) is 54.9 Å². The standard InChI is InChI=1S/C29H28Cl2F2N4O7S2/c30-21-13-35-14-22(31)20(21)12-24(17-6-7-23(44-28(32)33)25(10-17)42-15-16-4-5-16)43-27(38)26-37(8-9-45-26)46(40,41)19-3-1-2-18(11-19)36-29(34)39/h1-3,6-7,10-11,13-14,16,24,26,28H,4-5,8-9,12,15H2,(H3,34,36,39)/p+1/t24-,26-/m0/s1. The van der Waals surface area contributed by atoms with Crippen molar-refractivity contribution in [3.05, 3.63) is 76.0 Å². The molecule has 2 aliphatic rings. The SMILES string of the molecule is NC(=O)Nc1cccc(S(=O)(=O)N2CCS[C@H]2C(=O)O[C@@H](Cc2c(Cl)c[nH+]cc2Cl)c2ccc(OC(F)F)c(OCC3CC3)c2)c1. The predicted molar refractivity (Wildman–Crippen MR) is 167 cm³/mol. The monoisotopic (exact) mass is 717 g/mol. The molecule has 2 heterocycles. The van der Waals surface area contributed by atoms with Gasteiger partial charge in [-0.05, 0) is 54.7 Å². The van der Waals surface area contributed by atoms with Gasteiger partial charge in [0.15, 0.2) is 29.3 Å². The number of primary amides is 1. The normalized spacial score (nSPS) is 17.5. The van der Waals surface area contributed by atoms with Crippen LogP contribution in [0.3, 0.4) is 0 Å². The van der Waals surface area contributed by atoms with Crippen LogP contribution in [-0.4, -0.2) is 55.6 Å². The van der Waals surface area contributed by atoms with Crippen molar-refractivity contribution in [3.8, 4) is 11.5 Å². The summed E-state index contributed by atoms with van der Waals surface area (Å²) in [5.41, 5.74) is 6.10. The molecule has 1 aliphatic carbocycles. The van der Waals surface area contributed by atoms with Crippen LogP contribution >= 0.6 is 35.0 Å². The Morgan fingerprint density at radius 1 is 1.11 bits per heavy atom. The van der Waals surface area contributed by atoms with Gasteiger partial charge in [-0.2, -0.15) is 13.1 Å². The molecule has 0 unspecified atom stereocenters. The molecule has 3 aromatic rings. The second-order valence-electron chi connectivity index (χ2n) is 10.5. The van der Waals surface area contributed by atoms with Gasteiger partial charge in [-0.3, -0.25) is 0 Å². The fourth-order valence-electron chi connectivity index (χ4n) is 4.70. The van der Waals surface area contributed by atoms with Gasteiger partial charge in [-0.25, -0.2) is 23.0 Å². The Labute approximate surface area is 277 Å². The number of pyridine rings is 1. The first-order valence-corrected chi connectivity index (χ1v) is 17.2. The first-order chi connectivity index (χ1) is 21.9. The number of nitrogens with zero attached hydrogens (tertiary/aromatic N) is 1. The Morgan fingerprint density at radius 3 is 2.52 bits per heavy atom. The van der Waals surface area contributed by atoms with Crippen LogP contribution in [0.25, 0.3) is 0 Å². The molecule has 1 saturated carbocycles. The van der Waals surface area contributed by atoms with Gasteiger partial charge < -0.3 is 25.3 Å². The number of ether oxygens (including phenoxy) is 3. The zero-order valence-corrected chi connectivity index (χ0v) is 27.1. The summed E-state index contributed by atoms with van der Waals surface area (Å²) >= 11 is 13.9. The average molecular weight is 719 g/mol. The van der Waals surface area contributed by atoms with Crippen molar-refractivity contribution < 1.29 is 46.0 Å². The van der Waals surface area contributed by atoms with E-state index in [0.29, 0.717) is 29.4 Å². The van der Waals surface area contributed by atoms with Crippen LogP contribution in [0.2, 0.25) is 10.0 Å². The molecule has 11 nitrogen and oxygen atoms in total. The van der Waals surface area contributed by atoms with E-state index in [-0.39, 0.29) is 45.1 Å². The number of nitrogens with one attached hydrogen (secondary N) is 2. The van der Waals surface area contributed by atoms with Gasteiger partial charge in [-0.1, -0.05) is 35.3 Å². The number of hydrogen-bond donors (Lipinski definition) is 2. The van der Waals surface area contributed by atoms with Crippen molar-refractivity contribution in [1.29, 1.82) is 0 Å².